The van der Waals surface area contributed by atoms with E-state index in [-0.39, 0.29) is 5.91 Å². The maximum atomic E-state index is 12.1. The molecule has 5 heteroatoms. The van der Waals surface area contributed by atoms with E-state index in [9.17, 15) is 4.79 Å². The normalized spacial score (nSPS) is 12.2. The summed E-state index contributed by atoms with van der Waals surface area (Å²) in [4.78, 5) is 12.1. The third-order valence-electron chi connectivity index (χ3n) is 3.15. The average Bonchev–Trinajstić information content (AvgIpc) is 2.95. The zero-order valence-electron chi connectivity index (χ0n) is 10.7. The molecule has 0 aliphatic carbocycles. The molecule has 0 aliphatic heterocycles. The van der Waals surface area contributed by atoms with E-state index >= 15 is 0 Å². The van der Waals surface area contributed by atoms with Crippen LogP contribution >= 0.6 is 0 Å². The van der Waals surface area contributed by atoms with Crippen molar-refractivity contribution in [2.24, 2.45) is 5.73 Å². The zero-order valence-corrected chi connectivity index (χ0v) is 10.7. The van der Waals surface area contributed by atoms with Crippen molar-refractivity contribution in [2.45, 2.75) is 6.04 Å². The van der Waals surface area contributed by atoms with Gasteiger partial charge in [-0.05, 0) is 23.8 Å². The van der Waals surface area contributed by atoms with E-state index in [0.29, 0.717) is 5.69 Å². The Morgan fingerprint density at radius 2 is 2.00 bits per heavy atom. The van der Waals surface area contributed by atoms with Crippen LogP contribution in [0.4, 0.5) is 5.69 Å². The van der Waals surface area contributed by atoms with E-state index in [0.717, 1.165) is 16.5 Å². The number of hydrogen-bond acceptors (Lipinski definition) is 3. The molecule has 2 aromatic carbocycles. The van der Waals surface area contributed by atoms with Crippen LogP contribution in [0, 0.1) is 0 Å². The van der Waals surface area contributed by atoms with Crippen LogP contribution in [0.3, 0.4) is 0 Å². The molecule has 1 atom stereocenters. The highest BCUT2D eigenvalue weighted by Crippen LogP contribution is 2.18. The van der Waals surface area contributed by atoms with Crippen molar-refractivity contribution in [1.29, 1.82) is 0 Å². The highest BCUT2D eigenvalue weighted by Gasteiger charge is 2.15. The van der Waals surface area contributed by atoms with Gasteiger partial charge in [0, 0.05) is 11.1 Å². The van der Waals surface area contributed by atoms with Gasteiger partial charge < -0.3 is 11.1 Å². The minimum absolute atomic E-state index is 0.237. The summed E-state index contributed by atoms with van der Waals surface area (Å²) < 4.78 is 0. The van der Waals surface area contributed by atoms with Gasteiger partial charge in [-0.2, -0.15) is 5.10 Å². The molecular weight excluding hydrogens is 252 g/mol. The molecule has 5 nitrogen and oxygen atoms in total. The smallest absolute Gasteiger partial charge is 0.245 e. The van der Waals surface area contributed by atoms with Crippen molar-refractivity contribution in [3.63, 3.8) is 0 Å². The third-order valence-corrected chi connectivity index (χ3v) is 3.15. The van der Waals surface area contributed by atoms with Gasteiger partial charge in [0.15, 0.2) is 0 Å². The Hall–Kier alpha value is -2.66. The molecule has 3 aromatic rings. The van der Waals surface area contributed by atoms with Crippen molar-refractivity contribution in [2.75, 3.05) is 5.32 Å². The maximum absolute atomic E-state index is 12.1. The van der Waals surface area contributed by atoms with Crippen LogP contribution in [0.15, 0.2) is 54.7 Å². The van der Waals surface area contributed by atoms with Crippen molar-refractivity contribution >= 4 is 22.5 Å². The Balaban J connectivity index is 1.78. The first-order chi connectivity index (χ1) is 9.74. The molecule has 1 aromatic heterocycles. The Bertz CT molecular complexity index is 736. The number of rotatable bonds is 3. The lowest BCUT2D eigenvalue weighted by molar-refractivity contribution is -0.117. The fraction of sp³-hybridized carbons (Fsp3) is 0.0667. The van der Waals surface area contributed by atoms with Crippen LogP contribution in [-0.4, -0.2) is 16.1 Å². The van der Waals surface area contributed by atoms with Crippen LogP contribution in [0.25, 0.3) is 10.9 Å². The predicted octanol–water partition coefficient (Wildman–Crippen LogP) is 2.20. The van der Waals surface area contributed by atoms with Gasteiger partial charge in [-0.25, -0.2) is 0 Å². The Labute approximate surface area is 115 Å². The Morgan fingerprint density at radius 3 is 2.80 bits per heavy atom. The lowest BCUT2D eigenvalue weighted by atomic mass is 10.1. The van der Waals surface area contributed by atoms with E-state index in [2.05, 4.69) is 15.5 Å². The predicted molar refractivity (Wildman–Crippen MR) is 78.1 cm³/mol. The van der Waals surface area contributed by atoms with Crippen LogP contribution in [0.1, 0.15) is 11.6 Å². The number of nitrogens with one attached hydrogen (secondary N) is 2. The Kier molecular flexibility index (Phi) is 3.18. The topological polar surface area (TPSA) is 83.8 Å². The maximum Gasteiger partial charge on any atom is 0.245 e. The Morgan fingerprint density at radius 1 is 1.20 bits per heavy atom. The minimum atomic E-state index is -0.684. The molecule has 0 aliphatic rings. The van der Waals surface area contributed by atoms with Gasteiger partial charge in [-0.3, -0.25) is 9.89 Å². The number of nitrogens with two attached hydrogens (primary N) is 1. The minimum Gasteiger partial charge on any atom is -0.324 e. The molecule has 0 saturated heterocycles. The SMILES string of the molecule is N[C@H](C(=O)Nc1ccc2[nH]ncc2c1)c1ccccc1. The number of aromatic nitrogens is 2. The zero-order chi connectivity index (χ0) is 13.9. The van der Waals surface area contributed by atoms with Crippen LogP contribution in [0.5, 0.6) is 0 Å². The van der Waals surface area contributed by atoms with Crippen LogP contribution in [0.2, 0.25) is 0 Å². The summed E-state index contributed by atoms with van der Waals surface area (Å²) in [5.41, 5.74) is 8.37. The van der Waals surface area contributed by atoms with Gasteiger partial charge in [-0.1, -0.05) is 30.3 Å². The van der Waals surface area contributed by atoms with Crippen molar-refractivity contribution in [3.05, 3.63) is 60.3 Å². The van der Waals surface area contributed by atoms with E-state index in [1.807, 2.05) is 48.5 Å². The summed E-state index contributed by atoms with van der Waals surface area (Å²) in [6.45, 7) is 0. The van der Waals surface area contributed by atoms with Crippen LogP contribution < -0.4 is 11.1 Å². The molecular formula is C15H14N4O. The molecule has 1 heterocycles. The molecule has 0 bridgehead atoms. The monoisotopic (exact) mass is 266 g/mol. The van der Waals surface area contributed by atoms with Crippen molar-refractivity contribution in [3.8, 4) is 0 Å². The second kappa shape index (κ2) is 5.14. The number of anilines is 1. The van der Waals surface area contributed by atoms with E-state index in [4.69, 9.17) is 5.73 Å². The molecule has 20 heavy (non-hydrogen) atoms. The summed E-state index contributed by atoms with van der Waals surface area (Å²) in [5, 5.41) is 10.6. The number of hydrogen-bond donors (Lipinski definition) is 3. The fourth-order valence-electron chi connectivity index (χ4n) is 2.05. The van der Waals surface area contributed by atoms with Crippen LogP contribution in [-0.2, 0) is 4.79 Å². The standard InChI is InChI=1S/C15H14N4O/c16-14(10-4-2-1-3-5-10)15(20)18-12-6-7-13-11(8-12)9-17-19-13/h1-9,14H,16H2,(H,17,19)(H,18,20)/t14-/m0/s1. The molecule has 0 fully saturated rings. The highest BCUT2D eigenvalue weighted by atomic mass is 16.2. The first kappa shape index (κ1) is 12.4. The third kappa shape index (κ3) is 2.39. The molecule has 1 amide bonds. The molecule has 0 saturated carbocycles. The molecule has 100 valence electrons. The van der Waals surface area contributed by atoms with Crippen molar-refractivity contribution in [1.82, 2.24) is 10.2 Å². The summed E-state index contributed by atoms with van der Waals surface area (Å²) >= 11 is 0. The summed E-state index contributed by atoms with van der Waals surface area (Å²) in [6, 6.07) is 14.1. The number of carbonyl (C=O) groups excluding carboxylic acids is 1. The quantitative estimate of drug-likeness (QED) is 0.679. The second-order valence-electron chi connectivity index (χ2n) is 4.55. The summed E-state index contributed by atoms with van der Waals surface area (Å²) in [7, 11) is 0. The van der Waals surface area contributed by atoms with Gasteiger partial charge in [0.05, 0.1) is 11.7 Å². The first-order valence-electron chi connectivity index (χ1n) is 6.28. The fourth-order valence-corrected chi connectivity index (χ4v) is 2.05. The number of benzene rings is 2. The van der Waals surface area contributed by atoms with Gasteiger partial charge in [0.2, 0.25) is 5.91 Å². The second-order valence-corrected chi connectivity index (χ2v) is 4.55. The van der Waals surface area contributed by atoms with Crippen molar-refractivity contribution < 1.29 is 4.79 Å². The summed E-state index contributed by atoms with van der Waals surface area (Å²) in [5.74, 6) is -0.237. The summed E-state index contributed by atoms with van der Waals surface area (Å²) in [6.07, 6.45) is 1.71. The molecule has 3 rings (SSSR count). The number of nitrogens with zero attached hydrogens (tertiary/aromatic N) is 1. The number of carbonyl (C=O) groups is 1. The van der Waals surface area contributed by atoms with Gasteiger partial charge >= 0.3 is 0 Å². The van der Waals surface area contributed by atoms with E-state index < -0.39 is 6.04 Å². The number of fused-ring (bicyclic) bond motifs is 1. The first-order valence-corrected chi connectivity index (χ1v) is 6.28. The largest absolute Gasteiger partial charge is 0.324 e. The number of aromatic amines is 1. The average molecular weight is 266 g/mol. The lowest BCUT2D eigenvalue weighted by Crippen LogP contribution is -2.27. The molecule has 0 radical (unpaired) electrons. The number of H-pyrrole nitrogens is 1. The van der Waals surface area contributed by atoms with E-state index in [1.54, 1.807) is 6.20 Å². The van der Waals surface area contributed by atoms with E-state index in [1.165, 1.54) is 0 Å². The molecule has 0 unspecified atom stereocenters. The lowest BCUT2D eigenvalue weighted by Gasteiger charge is -2.12. The molecule has 4 N–H and O–H groups in total. The highest BCUT2D eigenvalue weighted by molar-refractivity contribution is 5.97. The van der Waals surface area contributed by atoms with Gasteiger partial charge in [0.25, 0.3) is 0 Å². The number of amides is 1. The molecule has 0 spiro atoms. The van der Waals surface area contributed by atoms with Gasteiger partial charge in [0.1, 0.15) is 6.04 Å². The van der Waals surface area contributed by atoms with Gasteiger partial charge in [-0.15, -0.1) is 0 Å².